The van der Waals surface area contributed by atoms with Crippen LogP contribution in [-0.4, -0.2) is 99.4 Å². The highest BCUT2D eigenvalue weighted by molar-refractivity contribution is 7.89. The fourth-order valence-corrected chi connectivity index (χ4v) is 8.32. The minimum absolute atomic E-state index is 0.116. The lowest BCUT2D eigenvalue weighted by molar-refractivity contribution is 0.0535. The first kappa shape index (κ1) is 31.7. The number of benzene rings is 2. The highest BCUT2D eigenvalue weighted by atomic mass is 32.2. The van der Waals surface area contributed by atoms with Crippen LogP contribution in [0.4, 0.5) is 0 Å². The van der Waals surface area contributed by atoms with Crippen molar-refractivity contribution in [1.29, 1.82) is 0 Å². The summed E-state index contributed by atoms with van der Waals surface area (Å²) in [7, 11) is -7.46. The molecule has 1 heterocycles. The van der Waals surface area contributed by atoms with E-state index in [-0.39, 0.29) is 58.9 Å². The Bertz CT molecular complexity index is 1350. The van der Waals surface area contributed by atoms with Gasteiger partial charge in [-0.15, -0.1) is 0 Å². The first-order valence-electron chi connectivity index (χ1n) is 13.6. The van der Waals surface area contributed by atoms with Gasteiger partial charge in [-0.1, -0.05) is 39.8 Å². The summed E-state index contributed by atoms with van der Waals surface area (Å²) in [4.78, 5) is 30.0. The standard InChI is InChI=1S/C28H40N4O6S2/c1-7-31(8-2)39(35,36)25-19-23(13-11-21(25)5)27(33)29-15-17-30(18-16-29)28(34)24-14-12-22(6)26(20-24)40(37,38)32(9-3)10-4/h11-14,19-20H,7-10,15-18H2,1-6H3. The summed E-state index contributed by atoms with van der Waals surface area (Å²) in [6, 6.07) is 9.41. The number of rotatable bonds is 10. The summed E-state index contributed by atoms with van der Waals surface area (Å²) < 4.78 is 55.2. The molecule has 0 saturated carbocycles. The summed E-state index contributed by atoms with van der Waals surface area (Å²) in [5, 5.41) is 0. The maximum absolute atomic E-state index is 13.3. The van der Waals surface area contributed by atoms with Crippen LogP contribution in [0.25, 0.3) is 0 Å². The van der Waals surface area contributed by atoms with Crippen LogP contribution in [0.5, 0.6) is 0 Å². The summed E-state index contributed by atoms with van der Waals surface area (Å²) in [5.41, 5.74) is 1.69. The Morgan fingerprint density at radius 3 is 1.20 bits per heavy atom. The maximum atomic E-state index is 13.3. The SMILES string of the molecule is CCN(CC)S(=O)(=O)c1cc(C(=O)N2CCN(C(=O)c3ccc(C)c(S(=O)(=O)N(CC)CC)c3)CC2)ccc1C. The topological polar surface area (TPSA) is 115 Å². The summed E-state index contributed by atoms with van der Waals surface area (Å²) in [5.74, 6) is -0.600. The number of carbonyl (C=O) groups excluding carboxylic acids is 2. The Labute approximate surface area is 238 Å². The van der Waals surface area contributed by atoms with Crippen LogP contribution in [0.1, 0.15) is 59.5 Å². The lowest BCUT2D eigenvalue weighted by Crippen LogP contribution is -2.50. The minimum Gasteiger partial charge on any atom is -0.335 e. The van der Waals surface area contributed by atoms with Gasteiger partial charge in [-0.3, -0.25) is 9.59 Å². The largest absolute Gasteiger partial charge is 0.335 e. The van der Waals surface area contributed by atoms with E-state index in [9.17, 15) is 26.4 Å². The number of nitrogens with zero attached hydrogens (tertiary/aromatic N) is 4. The smallest absolute Gasteiger partial charge is 0.254 e. The minimum atomic E-state index is -3.73. The quantitative estimate of drug-likeness (QED) is 0.419. The molecule has 1 aliphatic rings. The summed E-state index contributed by atoms with van der Waals surface area (Å²) in [6.07, 6.45) is 0. The lowest BCUT2D eigenvalue weighted by Gasteiger charge is -2.35. The molecule has 40 heavy (non-hydrogen) atoms. The molecule has 10 nitrogen and oxygen atoms in total. The summed E-state index contributed by atoms with van der Waals surface area (Å²) >= 11 is 0. The van der Waals surface area contributed by atoms with Crippen molar-refractivity contribution in [2.45, 2.75) is 51.3 Å². The molecule has 0 atom stereocenters. The predicted octanol–water partition coefficient (Wildman–Crippen LogP) is 2.96. The third-order valence-corrected chi connectivity index (χ3v) is 11.8. The molecule has 2 aromatic carbocycles. The number of aryl methyl sites for hydroxylation is 2. The molecule has 2 amide bonds. The van der Waals surface area contributed by atoms with Gasteiger partial charge < -0.3 is 9.80 Å². The molecular formula is C28H40N4O6S2. The van der Waals surface area contributed by atoms with Crippen LogP contribution in [0.3, 0.4) is 0 Å². The molecule has 0 radical (unpaired) electrons. The number of hydrogen-bond donors (Lipinski definition) is 0. The van der Waals surface area contributed by atoms with Crippen LogP contribution >= 0.6 is 0 Å². The maximum Gasteiger partial charge on any atom is 0.254 e. The second kappa shape index (κ2) is 12.8. The molecule has 3 rings (SSSR count). The molecule has 0 aliphatic carbocycles. The highest BCUT2D eigenvalue weighted by Crippen LogP contribution is 2.24. The zero-order valence-electron chi connectivity index (χ0n) is 24.2. The first-order valence-corrected chi connectivity index (χ1v) is 16.5. The van der Waals surface area contributed by atoms with Crippen LogP contribution in [0.15, 0.2) is 46.2 Å². The molecule has 1 aliphatic heterocycles. The molecule has 220 valence electrons. The van der Waals surface area contributed by atoms with Crippen molar-refractivity contribution in [3.63, 3.8) is 0 Å². The molecule has 0 unspecified atom stereocenters. The zero-order valence-corrected chi connectivity index (χ0v) is 25.8. The van der Waals surface area contributed by atoms with Crippen LogP contribution in [0.2, 0.25) is 0 Å². The number of sulfonamides is 2. The van der Waals surface area contributed by atoms with E-state index in [1.54, 1.807) is 75.6 Å². The fraction of sp³-hybridized carbons (Fsp3) is 0.500. The Kier molecular flexibility index (Phi) is 10.2. The van der Waals surface area contributed by atoms with Gasteiger partial charge in [0.15, 0.2) is 0 Å². The van der Waals surface area contributed by atoms with Crippen molar-refractivity contribution in [3.8, 4) is 0 Å². The van der Waals surface area contributed by atoms with Gasteiger partial charge in [-0.2, -0.15) is 8.61 Å². The Balaban J connectivity index is 1.76. The molecule has 1 fully saturated rings. The Morgan fingerprint density at radius 2 is 0.925 bits per heavy atom. The average molecular weight is 593 g/mol. The number of amides is 2. The third-order valence-electron chi connectivity index (χ3n) is 7.37. The van der Waals surface area contributed by atoms with E-state index in [0.29, 0.717) is 37.3 Å². The van der Waals surface area contributed by atoms with Crippen molar-refractivity contribution < 1.29 is 26.4 Å². The van der Waals surface area contributed by atoms with Gasteiger partial charge in [0.25, 0.3) is 11.8 Å². The number of carbonyl (C=O) groups is 2. The van der Waals surface area contributed by atoms with Gasteiger partial charge in [-0.25, -0.2) is 16.8 Å². The van der Waals surface area contributed by atoms with Gasteiger partial charge in [0.05, 0.1) is 9.79 Å². The highest BCUT2D eigenvalue weighted by Gasteiger charge is 2.30. The fourth-order valence-electron chi connectivity index (χ4n) is 4.91. The van der Waals surface area contributed by atoms with E-state index in [0.717, 1.165) is 0 Å². The van der Waals surface area contributed by atoms with E-state index in [4.69, 9.17) is 0 Å². The molecule has 1 saturated heterocycles. The molecule has 0 N–H and O–H groups in total. The summed E-state index contributed by atoms with van der Waals surface area (Å²) in [6.45, 7) is 12.9. The Hall–Kier alpha value is -2.80. The third kappa shape index (κ3) is 6.24. The zero-order chi connectivity index (χ0) is 29.8. The molecule has 2 aromatic rings. The van der Waals surface area contributed by atoms with E-state index in [2.05, 4.69) is 0 Å². The van der Waals surface area contributed by atoms with Crippen LogP contribution < -0.4 is 0 Å². The van der Waals surface area contributed by atoms with E-state index < -0.39 is 20.0 Å². The van der Waals surface area contributed by atoms with Gasteiger partial charge in [0.2, 0.25) is 20.0 Å². The second-order valence-corrected chi connectivity index (χ2v) is 13.5. The lowest BCUT2D eigenvalue weighted by atomic mass is 10.1. The van der Waals surface area contributed by atoms with Gasteiger partial charge >= 0.3 is 0 Å². The van der Waals surface area contributed by atoms with Crippen molar-refractivity contribution in [1.82, 2.24) is 18.4 Å². The van der Waals surface area contributed by atoms with Crippen LogP contribution in [0, 0.1) is 13.8 Å². The predicted molar refractivity (Wildman–Crippen MR) is 154 cm³/mol. The van der Waals surface area contributed by atoms with Crippen LogP contribution in [-0.2, 0) is 20.0 Å². The molecule has 12 heteroatoms. The first-order chi connectivity index (χ1) is 18.8. The Morgan fingerprint density at radius 1 is 0.625 bits per heavy atom. The van der Waals surface area contributed by atoms with E-state index >= 15 is 0 Å². The van der Waals surface area contributed by atoms with Gasteiger partial charge in [0.1, 0.15) is 0 Å². The molecular weight excluding hydrogens is 552 g/mol. The van der Waals surface area contributed by atoms with E-state index in [1.165, 1.54) is 20.7 Å². The van der Waals surface area contributed by atoms with E-state index in [1.807, 2.05) is 0 Å². The van der Waals surface area contributed by atoms with Crippen molar-refractivity contribution in [2.75, 3.05) is 52.4 Å². The molecule has 0 spiro atoms. The molecule has 0 aromatic heterocycles. The normalized spacial score (nSPS) is 14.7. The van der Waals surface area contributed by atoms with Crippen molar-refractivity contribution in [3.05, 3.63) is 58.7 Å². The number of piperazine rings is 1. The second-order valence-electron chi connectivity index (χ2n) is 9.72. The van der Waals surface area contributed by atoms with Gasteiger partial charge in [0, 0.05) is 63.5 Å². The molecule has 0 bridgehead atoms. The van der Waals surface area contributed by atoms with Gasteiger partial charge in [-0.05, 0) is 49.2 Å². The van der Waals surface area contributed by atoms with Crippen molar-refractivity contribution >= 4 is 31.9 Å². The monoisotopic (exact) mass is 592 g/mol. The van der Waals surface area contributed by atoms with Crippen molar-refractivity contribution in [2.24, 2.45) is 0 Å². The average Bonchev–Trinajstić information content (AvgIpc) is 2.93. The number of hydrogen-bond acceptors (Lipinski definition) is 6.